The first-order valence-electron chi connectivity index (χ1n) is 10.3. The summed E-state index contributed by atoms with van der Waals surface area (Å²) in [6, 6.07) is 9.79. The Bertz CT molecular complexity index is 798. The van der Waals surface area contributed by atoms with E-state index in [0.29, 0.717) is 25.0 Å². The number of aromatic nitrogens is 1. The maximum absolute atomic E-state index is 11.8. The van der Waals surface area contributed by atoms with Gasteiger partial charge in [0.15, 0.2) is 11.7 Å². The summed E-state index contributed by atoms with van der Waals surface area (Å²) in [6.45, 7) is 9.21. The quantitative estimate of drug-likeness (QED) is 0.251. The van der Waals surface area contributed by atoms with Crippen molar-refractivity contribution in [2.45, 2.75) is 59.5 Å². The van der Waals surface area contributed by atoms with Crippen LogP contribution in [-0.2, 0) is 17.9 Å². The topological polar surface area (TPSA) is 91.6 Å². The Hall–Kier alpha value is -2.10. The lowest BCUT2D eigenvalue weighted by Gasteiger charge is -2.12. The molecule has 0 fully saturated rings. The van der Waals surface area contributed by atoms with Crippen molar-refractivity contribution in [1.29, 1.82) is 0 Å². The molecule has 0 aliphatic rings. The van der Waals surface area contributed by atoms with E-state index >= 15 is 0 Å². The lowest BCUT2D eigenvalue weighted by molar-refractivity contribution is -0.118. The molecule has 0 aliphatic carbocycles. The van der Waals surface area contributed by atoms with Crippen LogP contribution in [0.15, 0.2) is 39.8 Å². The average molecular weight is 527 g/mol. The first kappa shape index (κ1) is 25.9. The summed E-state index contributed by atoms with van der Waals surface area (Å²) in [5.41, 5.74) is 2.90. The number of anilines is 1. The summed E-state index contributed by atoms with van der Waals surface area (Å²) in [5, 5.41) is 13.6. The Morgan fingerprint density at radius 3 is 2.30 bits per heavy atom. The number of carbonyl (C=O) groups excluding carboxylic acids is 1. The third kappa shape index (κ3) is 7.97. The van der Waals surface area contributed by atoms with Gasteiger partial charge in [0.2, 0.25) is 5.91 Å². The van der Waals surface area contributed by atoms with E-state index in [-0.39, 0.29) is 35.8 Å². The zero-order valence-electron chi connectivity index (χ0n) is 18.5. The standard InChI is InChI=1S/C22H33N5O2.HI/c1-6-17(7-2)20-12-19(29-27-20)14-25-22(23-5)24-13-16-8-10-18(11-9-16)26-21(28)15(3)4;/h8-12,15,17H,6-7,13-14H2,1-5H3,(H,26,28)(H2,23,24,25);1H. The number of nitrogens with zero attached hydrogens (tertiary/aromatic N) is 2. The number of amides is 1. The highest BCUT2D eigenvalue weighted by molar-refractivity contribution is 14.0. The van der Waals surface area contributed by atoms with Crippen LogP contribution in [0, 0.1) is 5.92 Å². The van der Waals surface area contributed by atoms with Gasteiger partial charge in [-0.2, -0.15) is 0 Å². The Labute approximate surface area is 196 Å². The van der Waals surface area contributed by atoms with Gasteiger partial charge in [0.1, 0.15) is 0 Å². The highest BCUT2D eigenvalue weighted by Gasteiger charge is 2.13. The van der Waals surface area contributed by atoms with E-state index in [0.717, 1.165) is 35.5 Å². The number of hydrogen-bond donors (Lipinski definition) is 3. The molecule has 7 nitrogen and oxygen atoms in total. The molecule has 1 amide bonds. The molecule has 0 saturated heterocycles. The molecule has 3 N–H and O–H groups in total. The van der Waals surface area contributed by atoms with E-state index in [1.54, 1.807) is 7.05 Å². The molecule has 0 unspecified atom stereocenters. The molecule has 0 saturated carbocycles. The van der Waals surface area contributed by atoms with Crippen molar-refractivity contribution in [3.8, 4) is 0 Å². The monoisotopic (exact) mass is 527 g/mol. The molecule has 2 rings (SSSR count). The van der Waals surface area contributed by atoms with Crippen LogP contribution in [0.3, 0.4) is 0 Å². The molecule has 2 aromatic rings. The number of carbonyl (C=O) groups is 1. The van der Waals surface area contributed by atoms with Gasteiger partial charge in [0.25, 0.3) is 0 Å². The van der Waals surface area contributed by atoms with Gasteiger partial charge in [-0.15, -0.1) is 24.0 Å². The Balaban J connectivity index is 0.00000450. The van der Waals surface area contributed by atoms with Crippen LogP contribution in [0.1, 0.15) is 63.5 Å². The third-order valence-electron chi connectivity index (χ3n) is 4.84. The summed E-state index contributed by atoms with van der Waals surface area (Å²) < 4.78 is 5.44. The van der Waals surface area contributed by atoms with Gasteiger partial charge in [0.05, 0.1) is 12.2 Å². The van der Waals surface area contributed by atoms with Gasteiger partial charge in [-0.1, -0.05) is 45.0 Å². The molecule has 8 heteroatoms. The van der Waals surface area contributed by atoms with Crippen LogP contribution in [0.25, 0.3) is 0 Å². The molecule has 0 atom stereocenters. The molecule has 1 aromatic heterocycles. The summed E-state index contributed by atoms with van der Waals surface area (Å²) in [5.74, 6) is 1.89. The minimum absolute atomic E-state index is 0. The number of guanidine groups is 1. The van der Waals surface area contributed by atoms with Crippen LogP contribution in [-0.4, -0.2) is 24.1 Å². The second-order valence-corrected chi connectivity index (χ2v) is 7.35. The SMILES string of the molecule is CCC(CC)c1cc(CNC(=NC)NCc2ccc(NC(=O)C(C)C)cc2)on1.I. The van der Waals surface area contributed by atoms with Gasteiger partial charge in [-0.25, -0.2) is 0 Å². The molecule has 0 aliphatic heterocycles. The number of benzene rings is 1. The maximum atomic E-state index is 11.8. The highest BCUT2D eigenvalue weighted by atomic mass is 127. The minimum atomic E-state index is -0.0407. The Morgan fingerprint density at radius 1 is 1.10 bits per heavy atom. The number of aliphatic imine (C=N–C) groups is 1. The Morgan fingerprint density at radius 2 is 1.73 bits per heavy atom. The fourth-order valence-corrected chi connectivity index (χ4v) is 2.88. The van der Waals surface area contributed by atoms with Gasteiger partial charge in [-0.3, -0.25) is 9.79 Å². The zero-order chi connectivity index (χ0) is 21.2. The maximum Gasteiger partial charge on any atom is 0.226 e. The number of rotatable bonds is 9. The first-order chi connectivity index (χ1) is 14.0. The van der Waals surface area contributed by atoms with Crippen LogP contribution in [0.2, 0.25) is 0 Å². The van der Waals surface area contributed by atoms with E-state index in [1.165, 1.54) is 0 Å². The van der Waals surface area contributed by atoms with Crippen molar-refractivity contribution in [2.24, 2.45) is 10.9 Å². The molecule has 166 valence electrons. The number of hydrogen-bond acceptors (Lipinski definition) is 4. The molecule has 1 heterocycles. The van der Waals surface area contributed by atoms with Crippen LogP contribution in [0.4, 0.5) is 5.69 Å². The predicted octanol–water partition coefficient (Wildman–Crippen LogP) is 4.66. The van der Waals surface area contributed by atoms with Crippen LogP contribution >= 0.6 is 24.0 Å². The van der Waals surface area contributed by atoms with Crippen LogP contribution < -0.4 is 16.0 Å². The second-order valence-electron chi connectivity index (χ2n) is 7.35. The van der Waals surface area contributed by atoms with Gasteiger partial charge in [-0.05, 0) is 30.5 Å². The zero-order valence-corrected chi connectivity index (χ0v) is 20.8. The van der Waals surface area contributed by atoms with Crippen molar-refractivity contribution in [1.82, 2.24) is 15.8 Å². The smallest absolute Gasteiger partial charge is 0.226 e. The molecule has 30 heavy (non-hydrogen) atoms. The normalized spacial score (nSPS) is 11.4. The lowest BCUT2D eigenvalue weighted by Crippen LogP contribution is -2.36. The fraction of sp³-hybridized carbons (Fsp3) is 0.500. The van der Waals surface area contributed by atoms with Crippen molar-refractivity contribution in [3.63, 3.8) is 0 Å². The Kier molecular flexibility index (Phi) is 11.5. The van der Waals surface area contributed by atoms with Crippen molar-refractivity contribution >= 4 is 41.5 Å². The minimum Gasteiger partial charge on any atom is -0.359 e. The van der Waals surface area contributed by atoms with Crippen molar-refractivity contribution in [3.05, 3.63) is 47.3 Å². The summed E-state index contributed by atoms with van der Waals surface area (Å²) in [6.07, 6.45) is 2.11. The van der Waals surface area contributed by atoms with E-state index < -0.39 is 0 Å². The van der Waals surface area contributed by atoms with E-state index in [4.69, 9.17) is 4.52 Å². The molecule has 0 spiro atoms. The lowest BCUT2D eigenvalue weighted by atomic mass is 9.99. The fourth-order valence-electron chi connectivity index (χ4n) is 2.88. The average Bonchev–Trinajstić information content (AvgIpc) is 3.19. The molecular formula is C22H34IN5O2. The van der Waals surface area contributed by atoms with Crippen molar-refractivity contribution in [2.75, 3.05) is 12.4 Å². The van der Waals surface area contributed by atoms with Crippen LogP contribution in [0.5, 0.6) is 0 Å². The first-order valence-corrected chi connectivity index (χ1v) is 10.3. The summed E-state index contributed by atoms with van der Waals surface area (Å²) in [4.78, 5) is 16.0. The van der Waals surface area contributed by atoms with Gasteiger partial charge in [0, 0.05) is 37.2 Å². The molecule has 1 aromatic carbocycles. The number of nitrogens with one attached hydrogen (secondary N) is 3. The van der Waals surface area contributed by atoms with Gasteiger partial charge < -0.3 is 20.5 Å². The highest BCUT2D eigenvalue weighted by Crippen LogP contribution is 2.22. The summed E-state index contributed by atoms with van der Waals surface area (Å²) in [7, 11) is 1.73. The van der Waals surface area contributed by atoms with Crippen molar-refractivity contribution < 1.29 is 9.32 Å². The largest absolute Gasteiger partial charge is 0.359 e. The van der Waals surface area contributed by atoms with E-state index in [9.17, 15) is 4.79 Å². The van der Waals surface area contributed by atoms with E-state index in [2.05, 4.69) is 39.9 Å². The number of halogens is 1. The predicted molar refractivity (Wildman–Crippen MR) is 132 cm³/mol. The molecule has 0 bridgehead atoms. The van der Waals surface area contributed by atoms with E-state index in [1.807, 2.05) is 44.2 Å². The third-order valence-corrected chi connectivity index (χ3v) is 4.84. The summed E-state index contributed by atoms with van der Waals surface area (Å²) >= 11 is 0. The molecule has 0 radical (unpaired) electrons. The van der Waals surface area contributed by atoms with Gasteiger partial charge >= 0.3 is 0 Å². The second kappa shape index (κ2) is 13.3. The molecular weight excluding hydrogens is 493 g/mol.